The molecule has 0 aliphatic carbocycles. The van der Waals surface area contributed by atoms with E-state index in [9.17, 15) is 26.7 Å². The second-order valence-electron chi connectivity index (χ2n) is 8.48. The van der Waals surface area contributed by atoms with Gasteiger partial charge in [0.05, 0.1) is 16.6 Å². The molecule has 2 aromatic carbocycles. The van der Waals surface area contributed by atoms with Crippen LogP contribution in [-0.2, 0) is 16.2 Å². The van der Waals surface area contributed by atoms with Crippen molar-refractivity contribution in [3.63, 3.8) is 0 Å². The summed E-state index contributed by atoms with van der Waals surface area (Å²) in [6.07, 6.45) is -5.33. The van der Waals surface area contributed by atoms with E-state index in [0.717, 1.165) is 23.4 Å². The molecule has 9 nitrogen and oxygen atoms in total. The van der Waals surface area contributed by atoms with Crippen molar-refractivity contribution >= 4 is 15.7 Å². The summed E-state index contributed by atoms with van der Waals surface area (Å²) in [6.45, 7) is 3.27. The number of benzene rings is 2. The maximum Gasteiger partial charge on any atom is 0.416 e. The number of piperazine rings is 1. The second-order valence-corrected chi connectivity index (χ2v) is 10.4. The fourth-order valence-electron chi connectivity index (χ4n) is 3.89. The first-order chi connectivity index (χ1) is 17.0. The Bertz CT molecular complexity index is 1270. The van der Waals surface area contributed by atoms with Crippen LogP contribution in [0.15, 0.2) is 57.9 Å². The van der Waals surface area contributed by atoms with Gasteiger partial charge in [0.25, 0.3) is 0 Å². The van der Waals surface area contributed by atoms with Gasteiger partial charge in [-0.15, -0.1) is 0 Å². The Kier molecular flexibility index (Phi) is 7.64. The van der Waals surface area contributed by atoms with Gasteiger partial charge in [0, 0.05) is 57.4 Å². The summed E-state index contributed by atoms with van der Waals surface area (Å²) in [5.74, 6) is 0.970. The minimum absolute atomic E-state index is 0.121. The first kappa shape index (κ1) is 26.1. The summed E-state index contributed by atoms with van der Waals surface area (Å²) in [4.78, 5) is 5.71. The van der Waals surface area contributed by atoms with Gasteiger partial charge in [-0.2, -0.15) is 22.5 Å². The van der Waals surface area contributed by atoms with Crippen molar-refractivity contribution in [3.05, 3.63) is 60.0 Å². The first-order valence-electron chi connectivity index (χ1n) is 11.2. The molecule has 36 heavy (non-hydrogen) atoms. The normalized spacial score (nSPS) is 16.7. The average Bonchev–Trinajstić information content (AvgIpc) is 3.29. The first-order valence-corrected chi connectivity index (χ1v) is 12.7. The third-order valence-corrected chi connectivity index (χ3v) is 7.71. The molecule has 4 rings (SSSR count). The number of halogens is 3. The fraction of sp³-hybridized carbons (Fsp3) is 0.391. The second kappa shape index (κ2) is 10.5. The van der Waals surface area contributed by atoms with Gasteiger partial charge >= 0.3 is 6.18 Å². The topological polar surface area (TPSA) is 112 Å². The molecule has 0 amide bonds. The number of rotatable bonds is 8. The van der Waals surface area contributed by atoms with E-state index in [1.54, 1.807) is 6.92 Å². The molecule has 1 saturated heterocycles. The molecule has 1 aliphatic rings. The Balaban J connectivity index is 1.25. The number of sulfonamides is 1. The standard InChI is InChI=1S/C23H26F3N5O4S/c1-16-28-22(29-35-16)17-5-7-19(8-6-17)27-14-20(32)15-30-9-11-31(12-10-30)36(33,34)21-4-2-3-18(13-21)23(24,25)26/h2-8,13,20,27,32H,9-12,14-15H2,1H3. The van der Waals surface area contributed by atoms with Gasteiger partial charge in [0.2, 0.25) is 21.7 Å². The number of nitrogens with one attached hydrogen (secondary N) is 1. The lowest BCUT2D eigenvalue weighted by molar-refractivity contribution is -0.137. The summed E-state index contributed by atoms with van der Waals surface area (Å²) in [5.41, 5.74) is 0.600. The van der Waals surface area contributed by atoms with Crippen molar-refractivity contribution in [2.24, 2.45) is 0 Å². The van der Waals surface area contributed by atoms with Crippen LogP contribution in [0.4, 0.5) is 18.9 Å². The molecule has 0 radical (unpaired) electrons. The van der Waals surface area contributed by atoms with Crippen LogP contribution in [0.5, 0.6) is 0 Å². The van der Waals surface area contributed by atoms with Gasteiger partial charge in [-0.05, 0) is 42.5 Å². The van der Waals surface area contributed by atoms with Gasteiger partial charge in [-0.25, -0.2) is 8.42 Å². The van der Waals surface area contributed by atoms with Crippen molar-refractivity contribution in [1.82, 2.24) is 19.3 Å². The van der Waals surface area contributed by atoms with E-state index in [1.807, 2.05) is 29.2 Å². The summed E-state index contributed by atoms with van der Waals surface area (Å²) in [7, 11) is -4.05. The molecule has 1 unspecified atom stereocenters. The van der Waals surface area contributed by atoms with E-state index in [-0.39, 0.29) is 24.5 Å². The van der Waals surface area contributed by atoms with Crippen LogP contribution in [0, 0.1) is 6.92 Å². The van der Waals surface area contributed by atoms with Crippen molar-refractivity contribution in [2.75, 3.05) is 44.6 Å². The lowest BCUT2D eigenvalue weighted by Gasteiger charge is -2.35. The minimum atomic E-state index is -4.62. The third-order valence-electron chi connectivity index (χ3n) is 5.81. The molecular weight excluding hydrogens is 499 g/mol. The van der Waals surface area contributed by atoms with Crippen molar-refractivity contribution < 1.29 is 31.2 Å². The van der Waals surface area contributed by atoms with Gasteiger partial charge < -0.3 is 14.9 Å². The smallest absolute Gasteiger partial charge is 0.390 e. The van der Waals surface area contributed by atoms with Crippen LogP contribution in [0.1, 0.15) is 11.5 Å². The van der Waals surface area contributed by atoms with Crippen LogP contribution in [-0.4, -0.2) is 78.2 Å². The largest absolute Gasteiger partial charge is 0.416 e. The Morgan fingerprint density at radius 3 is 2.42 bits per heavy atom. The molecule has 1 atom stereocenters. The van der Waals surface area contributed by atoms with Crippen molar-refractivity contribution in [3.8, 4) is 11.4 Å². The lowest BCUT2D eigenvalue weighted by Crippen LogP contribution is -2.50. The Morgan fingerprint density at radius 1 is 1.11 bits per heavy atom. The molecule has 3 aromatic rings. The van der Waals surface area contributed by atoms with Crippen LogP contribution < -0.4 is 5.32 Å². The van der Waals surface area contributed by atoms with E-state index in [1.165, 1.54) is 10.4 Å². The van der Waals surface area contributed by atoms with E-state index in [0.29, 0.717) is 37.4 Å². The number of anilines is 1. The third kappa shape index (κ3) is 6.22. The molecule has 0 saturated carbocycles. The highest BCUT2D eigenvalue weighted by atomic mass is 32.2. The fourth-order valence-corrected chi connectivity index (χ4v) is 5.35. The van der Waals surface area contributed by atoms with Gasteiger partial charge in [0.1, 0.15) is 0 Å². The highest BCUT2D eigenvalue weighted by molar-refractivity contribution is 7.89. The average molecular weight is 526 g/mol. The molecule has 1 aromatic heterocycles. The number of hydrogen-bond donors (Lipinski definition) is 2. The zero-order chi connectivity index (χ0) is 25.9. The van der Waals surface area contributed by atoms with Gasteiger partial charge in [-0.3, -0.25) is 4.90 Å². The number of aliphatic hydroxyl groups excluding tert-OH is 1. The minimum Gasteiger partial charge on any atom is -0.390 e. The highest BCUT2D eigenvalue weighted by Gasteiger charge is 2.34. The van der Waals surface area contributed by atoms with Crippen LogP contribution in [0.2, 0.25) is 0 Å². The Labute approximate surface area is 206 Å². The summed E-state index contributed by atoms with van der Waals surface area (Å²) in [6, 6.07) is 11.1. The summed E-state index contributed by atoms with van der Waals surface area (Å²) in [5, 5.41) is 17.5. The van der Waals surface area contributed by atoms with Gasteiger partial charge in [-0.1, -0.05) is 11.2 Å². The number of aromatic nitrogens is 2. The monoisotopic (exact) mass is 525 g/mol. The molecule has 0 bridgehead atoms. The highest BCUT2D eigenvalue weighted by Crippen LogP contribution is 2.31. The van der Waals surface area contributed by atoms with Gasteiger partial charge in [0.15, 0.2) is 0 Å². The maximum atomic E-state index is 13.0. The van der Waals surface area contributed by atoms with Crippen molar-refractivity contribution in [2.45, 2.75) is 24.1 Å². The predicted octanol–water partition coefficient (Wildman–Crippen LogP) is 2.84. The van der Waals surface area contributed by atoms with Crippen LogP contribution in [0.3, 0.4) is 0 Å². The van der Waals surface area contributed by atoms with E-state index >= 15 is 0 Å². The van der Waals surface area contributed by atoms with E-state index in [4.69, 9.17) is 4.52 Å². The number of nitrogens with zero attached hydrogens (tertiary/aromatic N) is 4. The van der Waals surface area contributed by atoms with E-state index in [2.05, 4.69) is 15.5 Å². The molecule has 2 heterocycles. The Morgan fingerprint density at radius 2 is 1.81 bits per heavy atom. The molecule has 2 N–H and O–H groups in total. The quantitative estimate of drug-likeness (QED) is 0.462. The Hall–Kier alpha value is -3.00. The number of aliphatic hydroxyl groups is 1. The summed E-state index contributed by atoms with van der Waals surface area (Å²) >= 11 is 0. The molecule has 1 aliphatic heterocycles. The maximum absolute atomic E-state index is 13.0. The molecule has 1 fully saturated rings. The van der Waals surface area contributed by atoms with Crippen LogP contribution in [0.25, 0.3) is 11.4 Å². The number of hydrogen-bond acceptors (Lipinski definition) is 8. The van der Waals surface area contributed by atoms with E-state index < -0.39 is 27.9 Å². The summed E-state index contributed by atoms with van der Waals surface area (Å²) < 4.78 is 70.8. The molecular formula is C23H26F3N5O4S. The van der Waals surface area contributed by atoms with Crippen LogP contribution >= 0.6 is 0 Å². The van der Waals surface area contributed by atoms with Crippen molar-refractivity contribution in [1.29, 1.82) is 0 Å². The number of alkyl halides is 3. The molecule has 0 spiro atoms. The lowest BCUT2D eigenvalue weighted by atomic mass is 10.2. The molecule has 13 heteroatoms. The predicted molar refractivity (Wildman–Crippen MR) is 126 cm³/mol. The number of aryl methyl sites for hydroxylation is 1. The zero-order valence-corrected chi connectivity index (χ0v) is 20.3. The molecule has 194 valence electrons. The number of β-amino-alcohol motifs (C(OH)–C–C–N with tert-alkyl or cyclic N) is 1. The SMILES string of the molecule is Cc1nc(-c2ccc(NCC(O)CN3CCN(S(=O)(=O)c4cccc(C(F)(F)F)c4)CC3)cc2)no1. The zero-order valence-electron chi connectivity index (χ0n) is 19.4.